The van der Waals surface area contributed by atoms with E-state index in [1.807, 2.05) is 25.1 Å². The highest BCUT2D eigenvalue weighted by atomic mass is 16.3. The Kier molecular flexibility index (Phi) is 6.62. The van der Waals surface area contributed by atoms with E-state index in [1.165, 1.54) is 0 Å². The van der Waals surface area contributed by atoms with Gasteiger partial charge in [-0.1, -0.05) is 26.8 Å². The molecule has 3 rings (SSSR count). The highest BCUT2D eigenvalue weighted by Crippen LogP contribution is 2.55. The van der Waals surface area contributed by atoms with Gasteiger partial charge in [-0.05, 0) is 61.0 Å². The first-order valence-electron chi connectivity index (χ1n) is 10.9. The molecule has 6 nitrogen and oxygen atoms in total. The molecule has 29 heavy (non-hydrogen) atoms. The molecule has 3 N–H and O–H groups in total. The number of rotatable bonds is 5. The number of hydrogen-bond acceptors (Lipinski definition) is 4. The van der Waals surface area contributed by atoms with Gasteiger partial charge in [0.2, 0.25) is 11.8 Å². The summed E-state index contributed by atoms with van der Waals surface area (Å²) in [5, 5.41) is 17.4. The molecule has 0 spiro atoms. The minimum Gasteiger partial charge on any atom is -0.392 e. The van der Waals surface area contributed by atoms with Crippen LogP contribution in [-0.4, -0.2) is 34.1 Å². The van der Waals surface area contributed by atoms with Crippen molar-refractivity contribution < 1.29 is 14.7 Å². The maximum Gasteiger partial charge on any atom is 0.223 e. The van der Waals surface area contributed by atoms with Gasteiger partial charge >= 0.3 is 0 Å². The largest absolute Gasteiger partial charge is 0.392 e. The van der Waals surface area contributed by atoms with Crippen molar-refractivity contribution in [2.45, 2.75) is 72.1 Å². The molecule has 2 saturated carbocycles. The van der Waals surface area contributed by atoms with Crippen LogP contribution in [0.1, 0.15) is 59.1 Å². The van der Waals surface area contributed by atoms with E-state index < -0.39 is 6.10 Å². The summed E-state index contributed by atoms with van der Waals surface area (Å²) in [6.45, 7) is 8.27. The number of pyridine rings is 1. The van der Waals surface area contributed by atoms with Gasteiger partial charge in [0, 0.05) is 25.1 Å². The van der Waals surface area contributed by atoms with Gasteiger partial charge in [-0.15, -0.1) is 0 Å². The number of carbonyl (C=O) groups excluding carboxylic acids is 2. The molecule has 0 saturated heterocycles. The molecule has 6 heteroatoms. The number of nitrogens with zero attached hydrogens (tertiary/aromatic N) is 1. The third kappa shape index (κ3) is 4.63. The summed E-state index contributed by atoms with van der Waals surface area (Å²) < 4.78 is 0. The first-order valence-corrected chi connectivity index (χ1v) is 10.9. The number of aliphatic hydroxyl groups excluding tert-OH is 1. The van der Waals surface area contributed by atoms with Crippen LogP contribution >= 0.6 is 0 Å². The first-order chi connectivity index (χ1) is 13.7. The minimum atomic E-state index is -0.545. The number of amides is 2. The third-order valence-electron chi connectivity index (χ3n) is 7.50. The van der Waals surface area contributed by atoms with Crippen molar-refractivity contribution in [1.29, 1.82) is 0 Å². The Labute approximate surface area is 173 Å². The molecule has 2 aliphatic carbocycles. The van der Waals surface area contributed by atoms with Crippen LogP contribution < -0.4 is 10.6 Å². The first kappa shape index (κ1) is 21.8. The van der Waals surface area contributed by atoms with Crippen molar-refractivity contribution in [1.82, 2.24) is 15.6 Å². The minimum absolute atomic E-state index is 0.0189. The molecule has 160 valence electrons. The third-order valence-corrected chi connectivity index (χ3v) is 7.50. The number of fused-ring (bicyclic) bond motifs is 1. The molecule has 2 fully saturated rings. The lowest BCUT2D eigenvalue weighted by Gasteiger charge is -2.56. The van der Waals surface area contributed by atoms with E-state index in [0.717, 1.165) is 31.4 Å². The summed E-state index contributed by atoms with van der Waals surface area (Å²) in [7, 11) is 0. The Morgan fingerprint density at radius 1 is 1.31 bits per heavy atom. The topological polar surface area (TPSA) is 91.3 Å². The van der Waals surface area contributed by atoms with Gasteiger partial charge in [-0.3, -0.25) is 14.6 Å². The zero-order chi connectivity index (χ0) is 21.2. The van der Waals surface area contributed by atoms with Crippen LogP contribution in [0, 0.1) is 29.1 Å². The monoisotopic (exact) mass is 401 g/mol. The summed E-state index contributed by atoms with van der Waals surface area (Å²) >= 11 is 0. The van der Waals surface area contributed by atoms with E-state index >= 15 is 0 Å². The van der Waals surface area contributed by atoms with E-state index in [0.29, 0.717) is 6.54 Å². The Balaban J connectivity index is 1.67. The Morgan fingerprint density at radius 2 is 2.03 bits per heavy atom. The molecule has 7 atom stereocenters. The number of aliphatic hydroxyl groups is 1. The van der Waals surface area contributed by atoms with Gasteiger partial charge in [0.1, 0.15) is 0 Å². The van der Waals surface area contributed by atoms with Crippen molar-refractivity contribution in [3.05, 3.63) is 30.1 Å². The zero-order valence-corrected chi connectivity index (χ0v) is 18.0. The Hall–Kier alpha value is -1.95. The lowest BCUT2D eigenvalue weighted by atomic mass is 9.51. The highest BCUT2D eigenvalue weighted by Gasteiger charge is 2.53. The van der Waals surface area contributed by atoms with Crippen molar-refractivity contribution in [2.24, 2.45) is 29.1 Å². The molecule has 1 aromatic heterocycles. The van der Waals surface area contributed by atoms with Crippen molar-refractivity contribution >= 4 is 11.8 Å². The Bertz CT molecular complexity index is 725. The predicted octanol–water partition coefficient (Wildman–Crippen LogP) is 2.66. The summed E-state index contributed by atoms with van der Waals surface area (Å²) in [6.07, 6.45) is 4.98. The molecule has 0 bridgehead atoms. The molecule has 2 amide bonds. The molecule has 1 heterocycles. The second-order valence-electron chi connectivity index (χ2n) is 9.41. The molecular weight excluding hydrogens is 366 g/mol. The van der Waals surface area contributed by atoms with Gasteiger partial charge < -0.3 is 15.7 Å². The lowest BCUT2D eigenvalue weighted by molar-refractivity contribution is -0.143. The number of aromatic nitrogens is 1. The SMILES string of the molecule is CC(=O)N[C@H]1CC[C@@]2(C)CC[C@@H]([C@H](C)C(=O)NCc3ccccn3)[C@H](O)[C@H]2[C@H]1C. The molecular formula is C23H35N3O3. The molecule has 0 unspecified atom stereocenters. The molecule has 0 aliphatic heterocycles. The number of hydrogen-bond donors (Lipinski definition) is 3. The quantitative estimate of drug-likeness (QED) is 0.707. The van der Waals surface area contributed by atoms with E-state index in [1.54, 1.807) is 13.1 Å². The smallest absolute Gasteiger partial charge is 0.223 e. The maximum atomic E-state index is 12.8. The van der Waals surface area contributed by atoms with Crippen LogP contribution in [0.5, 0.6) is 0 Å². The number of carbonyl (C=O) groups is 2. The number of nitrogens with one attached hydrogen (secondary N) is 2. The van der Waals surface area contributed by atoms with Gasteiger partial charge in [0.25, 0.3) is 0 Å². The van der Waals surface area contributed by atoms with Crippen LogP contribution in [0.3, 0.4) is 0 Å². The van der Waals surface area contributed by atoms with Crippen LogP contribution in [0.15, 0.2) is 24.4 Å². The summed E-state index contributed by atoms with van der Waals surface area (Å²) in [6, 6.07) is 5.73. The fourth-order valence-corrected chi connectivity index (χ4v) is 5.79. The van der Waals surface area contributed by atoms with Crippen molar-refractivity contribution in [2.75, 3.05) is 0 Å². The second kappa shape index (κ2) is 8.82. The van der Waals surface area contributed by atoms with Gasteiger partial charge in [-0.25, -0.2) is 0 Å². The van der Waals surface area contributed by atoms with Crippen LogP contribution in [0.4, 0.5) is 0 Å². The van der Waals surface area contributed by atoms with Gasteiger partial charge in [0.15, 0.2) is 0 Å². The summed E-state index contributed by atoms with van der Waals surface area (Å²) in [5.74, 6) is -0.140. The van der Waals surface area contributed by atoms with E-state index in [9.17, 15) is 14.7 Å². The maximum absolute atomic E-state index is 12.8. The van der Waals surface area contributed by atoms with Crippen molar-refractivity contribution in [3.8, 4) is 0 Å². The van der Waals surface area contributed by atoms with E-state index in [2.05, 4.69) is 29.5 Å². The highest BCUT2D eigenvalue weighted by molar-refractivity contribution is 5.78. The molecule has 0 aromatic carbocycles. The van der Waals surface area contributed by atoms with Gasteiger partial charge in [0.05, 0.1) is 18.3 Å². The second-order valence-corrected chi connectivity index (χ2v) is 9.41. The summed E-state index contributed by atoms with van der Waals surface area (Å²) in [4.78, 5) is 28.6. The van der Waals surface area contributed by atoms with E-state index in [4.69, 9.17) is 0 Å². The lowest BCUT2D eigenvalue weighted by Crippen LogP contribution is -2.58. The van der Waals surface area contributed by atoms with Crippen molar-refractivity contribution in [3.63, 3.8) is 0 Å². The van der Waals surface area contributed by atoms with Crippen LogP contribution in [-0.2, 0) is 16.1 Å². The van der Waals surface area contributed by atoms with Crippen LogP contribution in [0.25, 0.3) is 0 Å². The fraction of sp³-hybridized carbons (Fsp3) is 0.696. The predicted molar refractivity (Wildman–Crippen MR) is 112 cm³/mol. The Morgan fingerprint density at radius 3 is 2.69 bits per heavy atom. The van der Waals surface area contributed by atoms with Gasteiger partial charge in [-0.2, -0.15) is 0 Å². The molecule has 1 aromatic rings. The summed E-state index contributed by atoms with van der Waals surface area (Å²) in [5.41, 5.74) is 0.887. The zero-order valence-electron chi connectivity index (χ0n) is 18.0. The molecule has 0 radical (unpaired) electrons. The average Bonchev–Trinajstić information content (AvgIpc) is 2.68. The average molecular weight is 402 g/mol. The fourth-order valence-electron chi connectivity index (χ4n) is 5.79. The standard InChI is InChI=1S/C23H35N3O3/c1-14(22(29)25-13-17-7-5-6-12-24-17)18-8-10-23(4)11-9-19(26-16(3)27)15(2)20(23)21(18)28/h5-7,12,14-15,18-21,28H,8-11,13H2,1-4H3,(H,25,29)(H,26,27)/t14-,15-,18-,19-,20+,21-,23+/m0/s1. The molecule has 2 aliphatic rings. The normalized spacial score (nSPS) is 35.3. The van der Waals surface area contributed by atoms with E-state index in [-0.39, 0.29) is 46.9 Å². The van der Waals surface area contributed by atoms with Crippen LogP contribution in [0.2, 0.25) is 0 Å².